The number of rotatable bonds is 4. The van der Waals surface area contributed by atoms with Gasteiger partial charge >= 0.3 is 0 Å². The number of benzene rings is 3. The lowest BCUT2D eigenvalue weighted by molar-refractivity contribution is -0.159. The molecule has 0 radical (unpaired) electrons. The van der Waals surface area contributed by atoms with E-state index in [0.29, 0.717) is 29.7 Å². The number of amides is 1. The molecule has 212 valence electrons. The molecule has 4 aromatic rings. The lowest BCUT2D eigenvalue weighted by atomic mass is 9.49. The van der Waals surface area contributed by atoms with Crippen LogP contribution in [0.4, 0.5) is 0 Å². The van der Waals surface area contributed by atoms with Crippen molar-refractivity contribution >= 4 is 54.4 Å². The highest BCUT2D eigenvalue weighted by atomic mass is 79.9. The van der Waals surface area contributed by atoms with Crippen LogP contribution in [-0.2, 0) is 4.79 Å². The van der Waals surface area contributed by atoms with Gasteiger partial charge in [-0.1, -0.05) is 74.3 Å². The molecule has 1 atom stereocenters. The van der Waals surface area contributed by atoms with Crippen molar-refractivity contribution < 1.29 is 4.79 Å². The number of fused-ring (bicyclic) bond motifs is 1. The number of hydrogen-bond donors (Lipinski definition) is 1. The molecule has 5 aliphatic rings. The first-order valence-corrected chi connectivity index (χ1v) is 16.5. The first-order chi connectivity index (χ1) is 20.4. The number of aromatic nitrogens is 1. The number of carbonyl (C=O) groups excluding carboxylic acids is 1. The van der Waals surface area contributed by atoms with Crippen LogP contribution < -0.4 is 5.56 Å². The summed E-state index contributed by atoms with van der Waals surface area (Å²) in [6, 6.07) is 23.6. The summed E-state index contributed by atoms with van der Waals surface area (Å²) in [4.78, 5) is 32.2. The Labute approximate surface area is 261 Å². The molecule has 42 heavy (non-hydrogen) atoms. The molecular weight excluding hydrogens is 654 g/mol. The van der Waals surface area contributed by atoms with Crippen LogP contribution in [0.25, 0.3) is 22.0 Å². The van der Waals surface area contributed by atoms with Crippen molar-refractivity contribution in [1.82, 2.24) is 9.99 Å². The number of hydrogen-bond acceptors (Lipinski definition) is 3. The van der Waals surface area contributed by atoms with Gasteiger partial charge in [-0.2, -0.15) is 5.10 Å². The van der Waals surface area contributed by atoms with Gasteiger partial charge in [-0.05, 0) is 97.7 Å². The van der Waals surface area contributed by atoms with Gasteiger partial charge in [0.25, 0.3) is 5.56 Å². The van der Waals surface area contributed by atoms with E-state index in [-0.39, 0.29) is 16.9 Å². The molecule has 5 nitrogen and oxygen atoms in total. The molecule has 4 aliphatic carbocycles. The van der Waals surface area contributed by atoms with Crippen LogP contribution >= 0.6 is 31.9 Å². The van der Waals surface area contributed by atoms with Gasteiger partial charge in [-0.15, -0.1) is 0 Å². The van der Waals surface area contributed by atoms with E-state index in [1.807, 2.05) is 54.6 Å². The highest BCUT2D eigenvalue weighted by Crippen LogP contribution is 2.61. The molecule has 3 aromatic carbocycles. The summed E-state index contributed by atoms with van der Waals surface area (Å²) in [7, 11) is 0. The van der Waals surface area contributed by atoms with Crippen LogP contribution in [0.2, 0.25) is 0 Å². The minimum Gasteiger partial charge on any atom is -0.322 e. The third kappa shape index (κ3) is 4.34. The number of hydrazone groups is 1. The first kappa shape index (κ1) is 26.6. The maximum atomic E-state index is 14.9. The van der Waals surface area contributed by atoms with E-state index in [4.69, 9.17) is 5.10 Å². The molecule has 4 saturated carbocycles. The fourth-order valence-electron chi connectivity index (χ4n) is 8.87. The van der Waals surface area contributed by atoms with Crippen LogP contribution in [0.5, 0.6) is 0 Å². The summed E-state index contributed by atoms with van der Waals surface area (Å²) in [5.41, 5.74) is 4.51. The minimum absolute atomic E-state index is 0.117. The number of nitrogens with one attached hydrogen (secondary N) is 1. The Kier molecular flexibility index (Phi) is 6.34. The lowest BCUT2D eigenvalue weighted by Crippen LogP contribution is -2.53. The van der Waals surface area contributed by atoms with Crippen molar-refractivity contribution in [2.24, 2.45) is 28.3 Å². The molecule has 4 fully saturated rings. The standard InChI is InChI=1S/C35H31Br2N3O2/c36-25-8-6-23(7-9-25)29-16-30(40(39-29)34(42)35-17-20-12-21(18-35)14-22(13-20)19-35)32-31(24-4-2-1-3-5-24)27-15-26(37)10-11-28(27)38-33(32)41/h1-11,15,20-22,30H,12-14,16-19H2,(H,38,41)/t20?,21?,22?,30-,35?/m0/s1. The monoisotopic (exact) mass is 683 g/mol. The summed E-state index contributed by atoms with van der Waals surface area (Å²) in [5.74, 6) is 2.03. The number of halogens is 2. The van der Waals surface area contributed by atoms with Crippen molar-refractivity contribution in [1.29, 1.82) is 0 Å². The summed E-state index contributed by atoms with van der Waals surface area (Å²) in [6.07, 6.45) is 7.15. The van der Waals surface area contributed by atoms with Crippen LogP contribution in [0.1, 0.15) is 62.1 Å². The number of H-pyrrole nitrogens is 1. The summed E-state index contributed by atoms with van der Waals surface area (Å²) in [6.45, 7) is 0. The fraction of sp³-hybridized carbons (Fsp3) is 0.343. The number of carbonyl (C=O) groups is 1. The number of aromatic amines is 1. The van der Waals surface area contributed by atoms with Gasteiger partial charge in [0.1, 0.15) is 0 Å². The topological polar surface area (TPSA) is 65.5 Å². The smallest absolute Gasteiger partial charge is 0.254 e. The van der Waals surface area contributed by atoms with E-state index in [9.17, 15) is 9.59 Å². The van der Waals surface area contributed by atoms with E-state index < -0.39 is 6.04 Å². The van der Waals surface area contributed by atoms with Gasteiger partial charge in [0.2, 0.25) is 5.91 Å². The van der Waals surface area contributed by atoms with Gasteiger partial charge in [0, 0.05) is 31.8 Å². The Morgan fingerprint density at radius 2 is 1.48 bits per heavy atom. The highest BCUT2D eigenvalue weighted by Gasteiger charge is 2.57. The predicted molar refractivity (Wildman–Crippen MR) is 173 cm³/mol. The number of nitrogens with zero attached hydrogens (tertiary/aromatic N) is 2. The molecule has 2 heterocycles. The maximum absolute atomic E-state index is 14.9. The van der Waals surface area contributed by atoms with Crippen LogP contribution in [0.15, 0.2) is 91.6 Å². The molecule has 1 aliphatic heterocycles. The summed E-state index contributed by atoms with van der Waals surface area (Å²) in [5, 5.41) is 7.79. The van der Waals surface area contributed by atoms with Crippen LogP contribution in [0, 0.1) is 23.2 Å². The van der Waals surface area contributed by atoms with Gasteiger partial charge in [0.05, 0.1) is 22.7 Å². The van der Waals surface area contributed by atoms with Crippen molar-refractivity contribution in [2.45, 2.75) is 51.0 Å². The second-order valence-corrected chi connectivity index (χ2v) is 14.8. The molecule has 7 heteroatoms. The zero-order chi connectivity index (χ0) is 28.6. The number of pyridine rings is 1. The first-order valence-electron chi connectivity index (χ1n) is 14.9. The Morgan fingerprint density at radius 3 is 2.14 bits per heavy atom. The van der Waals surface area contributed by atoms with Gasteiger partial charge in [0.15, 0.2) is 0 Å². The average Bonchev–Trinajstić information content (AvgIpc) is 3.41. The summed E-state index contributed by atoms with van der Waals surface area (Å²) >= 11 is 7.20. The molecule has 1 amide bonds. The van der Waals surface area contributed by atoms with E-state index in [2.05, 4.69) is 55.0 Å². The lowest BCUT2D eigenvalue weighted by Gasteiger charge is -2.56. The van der Waals surface area contributed by atoms with E-state index in [1.165, 1.54) is 19.3 Å². The van der Waals surface area contributed by atoms with E-state index in [0.717, 1.165) is 61.5 Å². The highest BCUT2D eigenvalue weighted by molar-refractivity contribution is 9.10. The molecule has 1 N–H and O–H groups in total. The second-order valence-electron chi connectivity index (χ2n) is 12.9. The average molecular weight is 685 g/mol. The zero-order valence-electron chi connectivity index (χ0n) is 23.2. The van der Waals surface area contributed by atoms with Gasteiger partial charge in [-0.3, -0.25) is 9.59 Å². The zero-order valence-corrected chi connectivity index (χ0v) is 26.3. The quantitative estimate of drug-likeness (QED) is 0.234. The Hall–Kier alpha value is -3.03. The van der Waals surface area contributed by atoms with Crippen molar-refractivity contribution in [3.63, 3.8) is 0 Å². The van der Waals surface area contributed by atoms with Crippen molar-refractivity contribution in [2.75, 3.05) is 0 Å². The van der Waals surface area contributed by atoms with E-state index in [1.54, 1.807) is 5.01 Å². The molecule has 0 unspecified atom stereocenters. The molecule has 1 aromatic heterocycles. The SMILES string of the molecule is O=C(N1N=C(c2ccc(Br)cc2)C[C@H]1c1c(-c2ccccc2)c2cc(Br)ccc2[nH]c1=O)C12CC3CC(CC(C3)C1)C2. The molecule has 0 saturated heterocycles. The third-order valence-electron chi connectivity index (χ3n) is 10.2. The van der Waals surface area contributed by atoms with Crippen LogP contribution in [0.3, 0.4) is 0 Å². The van der Waals surface area contributed by atoms with Gasteiger partial charge in [-0.25, -0.2) is 5.01 Å². The minimum atomic E-state index is -0.494. The Bertz CT molecular complexity index is 1780. The second kappa shape index (κ2) is 10.0. The summed E-state index contributed by atoms with van der Waals surface area (Å²) < 4.78 is 1.93. The van der Waals surface area contributed by atoms with Crippen molar-refractivity contribution in [3.05, 3.63) is 103 Å². The van der Waals surface area contributed by atoms with Gasteiger partial charge < -0.3 is 4.98 Å². The van der Waals surface area contributed by atoms with E-state index >= 15 is 0 Å². The van der Waals surface area contributed by atoms with Crippen molar-refractivity contribution in [3.8, 4) is 11.1 Å². The maximum Gasteiger partial charge on any atom is 0.254 e. The fourth-order valence-corrected chi connectivity index (χ4v) is 9.49. The third-order valence-corrected chi connectivity index (χ3v) is 11.2. The van der Waals surface area contributed by atoms with Crippen LogP contribution in [-0.4, -0.2) is 21.6 Å². The predicted octanol–water partition coefficient (Wildman–Crippen LogP) is 8.61. The molecule has 0 spiro atoms. The Morgan fingerprint density at radius 1 is 0.833 bits per heavy atom. The molecule has 4 bridgehead atoms. The molecular formula is C35H31Br2N3O2. The molecule has 9 rings (SSSR count). The largest absolute Gasteiger partial charge is 0.322 e. The Balaban J connectivity index is 1.32. The normalized spacial score (nSPS) is 28.0.